The molecule has 22 heavy (non-hydrogen) atoms. The fraction of sp³-hybridized carbons (Fsp3) is 0.933. The van der Waals surface area contributed by atoms with Gasteiger partial charge in [0, 0.05) is 32.7 Å². The van der Waals surface area contributed by atoms with Crippen molar-refractivity contribution in [2.75, 3.05) is 60.2 Å². The molecule has 0 aromatic carbocycles. The number of ether oxygens (including phenoxy) is 2. The maximum absolute atomic E-state index is 12.1. The zero-order valence-electron chi connectivity index (χ0n) is 13.8. The summed E-state index contributed by atoms with van der Waals surface area (Å²) in [6, 6.07) is 0.0444. The normalized spacial score (nSPS) is 26.5. The molecule has 2 heterocycles. The second-order valence-electron chi connectivity index (χ2n) is 6.12. The number of rotatable bonds is 8. The van der Waals surface area contributed by atoms with Crippen LogP contribution in [0.5, 0.6) is 0 Å². The average Bonchev–Trinajstić information content (AvgIpc) is 3.00. The van der Waals surface area contributed by atoms with Crippen LogP contribution in [0.4, 0.5) is 0 Å². The Morgan fingerprint density at radius 1 is 1.41 bits per heavy atom. The van der Waals surface area contributed by atoms with Crippen molar-refractivity contribution in [2.45, 2.75) is 31.4 Å². The molecule has 1 amide bonds. The maximum Gasteiger partial charge on any atom is 0.221 e. The minimum Gasteiger partial charge on any atom is -0.379 e. The van der Waals surface area contributed by atoms with Gasteiger partial charge in [-0.3, -0.25) is 9.63 Å². The van der Waals surface area contributed by atoms with Crippen LogP contribution in [0.2, 0.25) is 0 Å². The lowest BCUT2D eigenvalue weighted by molar-refractivity contribution is -0.134. The minimum absolute atomic E-state index is 0.0444. The van der Waals surface area contributed by atoms with Crippen LogP contribution in [-0.2, 0) is 19.1 Å². The first kappa shape index (κ1) is 17.6. The molecule has 0 unspecified atom stereocenters. The molecule has 2 aliphatic heterocycles. The molecule has 2 aliphatic rings. The van der Waals surface area contributed by atoms with Crippen LogP contribution in [0.1, 0.15) is 19.3 Å². The van der Waals surface area contributed by atoms with Gasteiger partial charge in [0.1, 0.15) is 6.10 Å². The number of carbonyl (C=O) groups is 1. The Balaban J connectivity index is 1.68. The highest BCUT2D eigenvalue weighted by Crippen LogP contribution is 2.12. The van der Waals surface area contributed by atoms with E-state index in [2.05, 4.69) is 10.2 Å². The molecule has 0 aliphatic carbocycles. The van der Waals surface area contributed by atoms with Gasteiger partial charge in [-0.1, -0.05) is 0 Å². The summed E-state index contributed by atoms with van der Waals surface area (Å²) in [5, 5.41) is 4.96. The highest BCUT2D eigenvalue weighted by molar-refractivity contribution is 5.76. The van der Waals surface area contributed by atoms with E-state index in [9.17, 15) is 4.79 Å². The van der Waals surface area contributed by atoms with Crippen LogP contribution in [0.25, 0.3) is 0 Å². The Hall–Kier alpha value is -0.730. The first-order valence-corrected chi connectivity index (χ1v) is 8.16. The van der Waals surface area contributed by atoms with Gasteiger partial charge in [0.05, 0.1) is 25.9 Å². The number of nitrogens with zero attached hydrogens (tertiary/aromatic N) is 2. The highest BCUT2D eigenvalue weighted by Gasteiger charge is 2.28. The first-order valence-electron chi connectivity index (χ1n) is 8.16. The van der Waals surface area contributed by atoms with Crippen molar-refractivity contribution in [1.29, 1.82) is 0 Å². The van der Waals surface area contributed by atoms with Crippen LogP contribution in [0.15, 0.2) is 0 Å². The van der Waals surface area contributed by atoms with E-state index in [0.29, 0.717) is 32.8 Å². The van der Waals surface area contributed by atoms with Crippen LogP contribution in [-0.4, -0.2) is 88.2 Å². The summed E-state index contributed by atoms with van der Waals surface area (Å²) >= 11 is 0. The third-order valence-electron chi connectivity index (χ3n) is 3.93. The molecule has 2 saturated heterocycles. The van der Waals surface area contributed by atoms with Crippen LogP contribution in [0, 0.1) is 0 Å². The van der Waals surface area contributed by atoms with Gasteiger partial charge in [-0.05, 0) is 26.9 Å². The third kappa shape index (κ3) is 6.18. The van der Waals surface area contributed by atoms with Crippen molar-refractivity contribution in [3.63, 3.8) is 0 Å². The van der Waals surface area contributed by atoms with E-state index in [4.69, 9.17) is 14.3 Å². The topological polar surface area (TPSA) is 63.3 Å². The summed E-state index contributed by atoms with van der Waals surface area (Å²) in [4.78, 5) is 19.6. The molecule has 128 valence electrons. The van der Waals surface area contributed by atoms with Crippen molar-refractivity contribution in [3.8, 4) is 0 Å². The molecule has 0 bridgehead atoms. The van der Waals surface area contributed by atoms with E-state index in [1.54, 1.807) is 0 Å². The van der Waals surface area contributed by atoms with Gasteiger partial charge in [-0.2, -0.15) is 5.06 Å². The Bertz CT molecular complexity index is 335. The lowest BCUT2D eigenvalue weighted by Crippen LogP contribution is -2.50. The molecule has 0 aromatic rings. The van der Waals surface area contributed by atoms with Crippen LogP contribution < -0.4 is 5.32 Å². The molecule has 0 radical (unpaired) electrons. The predicted molar refractivity (Wildman–Crippen MR) is 82.4 cm³/mol. The van der Waals surface area contributed by atoms with Crippen molar-refractivity contribution in [3.05, 3.63) is 0 Å². The number of hydrogen-bond acceptors (Lipinski definition) is 6. The van der Waals surface area contributed by atoms with E-state index in [1.165, 1.54) is 0 Å². The number of nitrogens with one attached hydrogen (secondary N) is 1. The molecule has 7 heteroatoms. The summed E-state index contributed by atoms with van der Waals surface area (Å²) in [5.74, 6) is 0.0589. The number of hydroxylamine groups is 2. The fourth-order valence-corrected chi connectivity index (χ4v) is 2.61. The summed E-state index contributed by atoms with van der Waals surface area (Å²) in [6.07, 6.45) is 2.25. The van der Waals surface area contributed by atoms with Crippen molar-refractivity contribution in [2.24, 2.45) is 0 Å². The number of hydrogen-bond donors (Lipinski definition) is 1. The zero-order valence-corrected chi connectivity index (χ0v) is 13.8. The Morgan fingerprint density at radius 2 is 2.27 bits per heavy atom. The second-order valence-corrected chi connectivity index (χ2v) is 6.12. The zero-order chi connectivity index (χ0) is 15.8. The Labute approximate surface area is 132 Å². The van der Waals surface area contributed by atoms with Gasteiger partial charge in [-0.15, -0.1) is 0 Å². The molecule has 2 fully saturated rings. The predicted octanol–water partition coefficient (Wildman–Crippen LogP) is -0.134. The number of amides is 1. The minimum atomic E-state index is -0.0549. The van der Waals surface area contributed by atoms with Gasteiger partial charge >= 0.3 is 0 Å². The number of carbonyl (C=O) groups excluding carboxylic acids is 1. The molecule has 7 nitrogen and oxygen atoms in total. The van der Waals surface area contributed by atoms with Crippen molar-refractivity contribution in [1.82, 2.24) is 15.3 Å². The third-order valence-corrected chi connectivity index (χ3v) is 3.93. The van der Waals surface area contributed by atoms with Crippen molar-refractivity contribution >= 4 is 5.91 Å². The molecular weight excluding hydrogens is 286 g/mol. The quantitative estimate of drug-likeness (QED) is 0.673. The largest absolute Gasteiger partial charge is 0.379 e. The Kier molecular flexibility index (Phi) is 7.54. The standard InChI is InChI=1S/C15H29N3O4/c1-17(2)8-11-21-14-12-20-10-5-13(14)16-15(19)4-7-18-6-3-9-22-18/h13-14H,3-12H2,1-2H3,(H,16,19)/t13-,14-/m1/s1. The molecular formula is C15H29N3O4. The highest BCUT2D eigenvalue weighted by atomic mass is 16.7. The van der Waals surface area contributed by atoms with Gasteiger partial charge in [0.2, 0.25) is 5.91 Å². The second kappa shape index (κ2) is 9.42. The van der Waals surface area contributed by atoms with Crippen LogP contribution in [0.3, 0.4) is 0 Å². The average molecular weight is 315 g/mol. The van der Waals surface area contributed by atoms with E-state index < -0.39 is 0 Å². The van der Waals surface area contributed by atoms with E-state index in [-0.39, 0.29) is 18.1 Å². The number of likely N-dealkylation sites (N-methyl/N-ethyl adjacent to an activating group) is 1. The SMILES string of the molecule is CN(C)CCO[C@@H]1COCC[C@H]1NC(=O)CCN1CCCO1. The van der Waals surface area contributed by atoms with Gasteiger partial charge < -0.3 is 19.7 Å². The van der Waals surface area contributed by atoms with Gasteiger partial charge in [0.25, 0.3) is 0 Å². The summed E-state index contributed by atoms with van der Waals surface area (Å²) in [5.41, 5.74) is 0. The summed E-state index contributed by atoms with van der Waals surface area (Å²) in [6.45, 7) is 5.07. The van der Waals surface area contributed by atoms with E-state index in [0.717, 1.165) is 32.5 Å². The first-order chi connectivity index (χ1) is 10.6. The Morgan fingerprint density at radius 3 is 3.00 bits per heavy atom. The van der Waals surface area contributed by atoms with Crippen LogP contribution >= 0.6 is 0 Å². The maximum atomic E-state index is 12.1. The van der Waals surface area contributed by atoms with Gasteiger partial charge in [0.15, 0.2) is 0 Å². The summed E-state index contributed by atoms with van der Waals surface area (Å²) in [7, 11) is 4.03. The lowest BCUT2D eigenvalue weighted by Gasteiger charge is -2.32. The fourth-order valence-electron chi connectivity index (χ4n) is 2.61. The molecule has 2 rings (SSSR count). The molecule has 0 aromatic heterocycles. The van der Waals surface area contributed by atoms with Crippen molar-refractivity contribution < 1.29 is 19.1 Å². The van der Waals surface area contributed by atoms with Gasteiger partial charge in [-0.25, -0.2) is 0 Å². The molecule has 0 spiro atoms. The van der Waals surface area contributed by atoms with E-state index >= 15 is 0 Å². The lowest BCUT2D eigenvalue weighted by atomic mass is 10.1. The summed E-state index contributed by atoms with van der Waals surface area (Å²) < 4.78 is 11.3. The molecule has 1 N–H and O–H groups in total. The molecule has 0 saturated carbocycles. The van der Waals surface area contributed by atoms with E-state index in [1.807, 2.05) is 19.2 Å². The smallest absolute Gasteiger partial charge is 0.221 e. The molecule has 2 atom stereocenters. The monoisotopic (exact) mass is 315 g/mol.